The summed E-state index contributed by atoms with van der Waals surface area (Å²) in [6.07, 6.45) is 5.98. The van der Waals surface area contributed by atoms with Crippen LogP contribution < -0.4 is 10.6 Å². The van der Waals surface area contributed by atoms with Gasteiger partial charge in [0.15, 0.2) is 0 Å². The zero-order chi connectivity index (χ0) is 11.6. The average molecular weight is 228 g/mol. The number of hydrogen-bond acceptors (Lipinski definition) is 3. The van der Waals surface area contributed by atoms with Gasteiger partial charge in [0.1, 0.15) is 0 Å². The minimum Gasteiger partial charge on any atom is -0.396 e. The molecule has 1 amide bonds. The minimum absolute atomic E-state index is 0.221. The fraction of sp³-hybridized carbons (Fsp3) is 0.917. The SMILES string of the molecule is O=C(NCCCCCCO)C1CCNCC1. The van der Waals surface area contributed by atoms with E-state index in [2.05, 4.69) is 10.6 Å². The Labute approximate surface area is 97.8 Å². The summed E-state index contributed by atoms with van der Waals surface area (Å²) in [4.78, 5) is 11.7. The maximum atomic E-state index is 11.7. The molecular weight excluding hydrogens is 204 g/mol. The highest BCUT2D eigenvalue weighted by molar-refractivity contribution is 5.78. The third kappa shape index (κ3) is 5.47. The normalized spacial score (nSPS) is 17.3. The summed E-state index contributed by atoms with van der Waals surface area (Å²) < 4.78 is 0. The first-order valence-corrected chi connectivity index (χ1v) is 6.44. The highest BCUT2D eigenvalue weighted by Gasteiger charge is 2.19. The van der Waals surface area contributed by atoms with Crippen molar-refractivity contribution in [3.8, 4) is 0 Å². The number of rotatable bonds is 7. The van der Waals surface area contributed by atoms with E-state index < -0.39 is 0 Å². The Morgan fingerprint density at radius 1 is 1.19 bits per heavy atom. The van der Waals surface area contributed by atoms with Crippen molar-refractivity contribution in [2.24, 2.45) is 5.92 Å². The third-order valence-corrected chi connectivity index (χ3v) is 3.09. The summed E-state index contributed by atoms with van der Waals surface area (Å²) >= 11 is 0. The molecule has 16 heavy (non-hydrogen) atoms. The molecule has 0 radical (unpaired) electrons. The molecule has 0 unspecified atom stereocenters. The molecule has 1 rings (SSSR count). The van der Waals surface area contributed by atoms with Gasteiger partial charge in [-0.1, -0.05) is 12.8 Å². The molecule has 0 spiro atoms. The van der Waals surface area contributed by atoms with E-state index >= 15 is 0 Å². The van der Waals surface area contributed by atoms with Gasteiger partial charge >= 0.3 is 0 Å². The lowest BCUT2D eigenvalue weighted by Gasteiger charge is -2.21. The van der Waals surface area contributed by atoms with Crippen molar-refractivity contribution in [3.05, 3.63) is 0 Å². The molecular formula is C12H24N2O2. The van der Waals surface area contributed by atoms with Gasteiger partial charge in [0.05, 0.1) is 0 Å². The van der Waals surface area contributed by atoms with E-state index in [0.29, 0.717) is 0 Å². The standard InChI is InChI=1S/C12H24N2O2/c15-10-4-2-1-3-7-14-12(16)11-5-8-13-9-6-11/h11,13,15H,1-10H2,(H,14,16). The van der Waals surface area contributed by atoms with E-state index in [1.807, 2.05) is 0 Å². The Bertz CT molecular complexity index is 191. The van der Waals surface area contributed by atoms with Crippen molar-refractivity contribution < 1.29 is 9.90 Å². The van der Waals surface area contributed by atoms with Crippen LogP contribution in [-0.4, -0.2) is 37.3 Å². The second-order valence-corrected chi connectivity index (χ2v) is 4.45. The van der Waals surface area contributed by atoms with Crippen molar-refractivity contribution in [3.63, 3.8) is 0 Å². The number of nitrogens with one attached hydrogen (secondary N) is 2. The molecule has 0 aromatic carbocycles. The molecule has 94 valence electrons. The molecule has 1 aliphatic heterocycles. The summed E-state index contributed by atoms with van der Waals surface area (Å²) in [6, 6.07) is 0. The molecule has 0 saturated carbocycles. The van der Waals surface area contributed by atoms with Crippen LogP contribution in [-0.2, 0) is 4.79 Å². The second kappa shape index (κ2) is 8.53. The Hall–Kier alpha value is -0.610. The Morgan fingerprint density at radius 2 is 1.88 bits per heavy atom. The van der Waals surface area contributed by atoms with E-state index in [0.717, 1.165) is 58.2 Å². The number of carbonyl (C=O) groups excluding carboxylic acids is 1. The lowest BCUT2D eigenvalue weighted by Crippen LogP contribution is -2.38. The van der Waals surface area contributed by atoms with Gasteiger partial charge < -0.3 is 15.7 Å². The first kappa shape index (κ1) is 13.5. The first-order valence-electron chi connectivity index (χ1n) is 6.44. The van der Waals surface area contributed by atoms with Crippen LogP contribution in [0.3, 0.4) is 0 Å². The predicted molar refractivity (Wildman–Crippen MR) is 64.2 cm³/mol. The van der Waals surface area contributed by atoms with Gasteiger partial charge in [0.2, 0.25) is 5.91 Å². The smallest absolute Gasteiger partial charge is 0.223 e. The fourth-order valence-corrected chi connectivity index (χ4v) is 2.03. The molecule has 0 bridgehead atoms. The van der Waals surface area contributed by atoms with Crippen LogP contribution in [0.1, 0.15) is 38.5 Å². The number of amides is 1. The molecule has 0 atom stereocenters. The van der Waals surface area contributed by atoms with Crippen LogP contribution in [0.25, 0.3) is 0 Å². The minimum atomic E-state index is 0.221. The van der Waals surface area contributed by atoms with Crippen molar-refractivity contribution in [2.75, 3.05) is 26.2 Å². The van der Waals surface area contributed by atoms with Crippen molar-refractivity contribution in [1.82, 2.24) is 10.6 Å². The van der Waals surface area contributed by atoms with Crippen LogP contribution in [0.2, 0.25) is 0 Å². The van der Waals surface area contributed by atoms with Crippen LogP contribution in [0, 0.1) is 5.92 Å². The zero-order valence-corrected chi connectivity index (χ0v) is 10.0. The predicted octanol–water partition coefficient (Wildman–Crippen LogP) is 0.655. The lowest BCUT2D eigenvalue weighted by atomic mass is 9.97. The van der Waals surface area contributed by atoms with Gasteiger partial charge in [-0.25, -0.2) is 0 Å². The number of aliphatic hydroxyl groups is 1. The highest BCUT2D eigenvalue weighted by Crippen LogP contribution is 2.11. The fourth-order valence-electron chi connectivity index (χ4n) is 2.03. The van der Waals surface area contributed by atoms with Crippen LogP contribution in [0.5, 0.6) is 0 Å². The quantitative estimate of drug-likeness (QED) is 0.561. The van der Waals surface area contributed by atoms with Crippen LogP contribution >= 0.6 is 0 Å². The summed E-state index contributed by atoms with van der Waals surface area (Å²) in [5.74, 6) is 0.447. The number of hydrogen-bond donors (Lipinski definition) is 3. The monoisotopic (exact) mass is 228 g/mol. The van der Waals surface area contributed by atoms with E-state index in [1.165, 1.54) is 0 Å². The highest BCUT2D eigenvalue weighted by atomic mass is 16.2. The molecule has 1 saturated heterocycles. The zero-order valence-electron chi connectivity index (χ0n) is 10.0. The summed E-state index contributed by atoms with van der Waals surface area (Å²) in [5.41, 5.74) is 0. The third-order valence-electron chi connectivity index (χ3n) is 3.09. The molecule has 1 heterocycles. The van der Waals surface area contributed by atoms with Gasteiger partial charge in [0, 0.05) is 19.1 Å². The van der Waals surface area contributed by atoms with Gasteiger partial charge in [-0.05, 0) is 38.8 Å². The Morgan fingerprint density at radius 3 is 2.56 bits per heavy atom. The maximum Gasteiger partial charge on any atom is 0.223 e. The molecule has 0 aliphatic carbocycles. The largest absolute Gasteiger partial charge is 0.396 e. The van der Waals surface area contributed by atoms with E-state index in [9.17, 15) is 4.79 Å². The number of aliphatic hydroxyl groups excluding tert-OH is 1. The van der Waals surface area contributed by atoms with E-state index in [4.69, 9.17) is 5.11 Å². The molecule has 4 heteroatoms. The summed E-state index contributed by atoms with van der Waals surface area (Å²) in [6.45, 7) is 3.00. The number of piperidine rings is 1. The topological polar surface area (TPSA) is 61.4 Å². The van der Waals surface area contributed by atoms with E-state index in [-0.39, 0.29) is 18.4 Å². The molecule has 1 fully saturated rings. The Balaban J connectivity index is 1.97. The van der Waals surface area contributed by atoms with Crippen molar-refractivity contribution >= 4 is 5.91 Å². The molecule has 3 N–H and O–H groups in total. The van der Waals surface area contributed by atoms with Gasteiger partial charge in [0.25, 0.3) is 0 Å². The second-order valence-electron chi connectivity index (χ2n) is 4.45. The van der Waals surface area contributed by atoms with Crippen LogP contribution in [0.15, 0.2) is 0 Å². The molecule has 0 aromatic heterocycles. The van der Waals surface area contributed by atoms with E-state index in [1.54, 1.807) is 0 Å². The van der Waals surface area contributed by atoms with Gasteiger partial charge in [-0.3, -0.25) is 4.79 Å². The van der Waals surface area contributed by atoms with Crippen molar-refractivity contribution in [2.45, 2.75) is 38.5 Å². The Kier molecular flexibility index (Phi) is 7.17. The average Bonchev–Trinajstić information content (AvgIpc) is 2.34. The molecule has 0 aromatic rings. The van der Waals surface area contributed by atoms with Gasteiger partial charge in [-0.2, -0.15) is 0 Å². The van der Waals surface area contributed by atoms with Gasteiger partial charge in [-0.15, -0.1) is 0 Å². The van der Waals surface area contributed by atoms with Crippen molar-refractivity contribution in [1.29, 1.82) is 0 Å². The molecule has 4 nitrogen and oxygen atoms in total. The van der Waals surface area contributed by atoms with Crippen LogP contribution in [0.4, 0.5) is 0 Å². The number of carbonyl (C=O) groups is 1. The maximum absolute atomic E-state index is 11.7. The first-order chi connectivity index (χ1) is 7.84. The number of unbranched alkanes of at least 4 members (excludes halogenated alkanes) is 3. The summed E-state index contributed by atoms with van der Waals surface area (Å²) in [7, 11) is 0. The molecule has 1 aliphatic rings. The lowest BCUT2D eigenvalue weighted by molar-refractivity contribution is -0.125. The summed E-state index contributed by atoms with van der Waals surface area (Å²) in [5, 5.41) is 14.9.